The van der Waals surface area contributed by atoms with E-state index in [2.05, 4.69) is 6.08 Å². The van der Waals surface area contributed by atoms with Gasteiger partial charge in [0.2, 0.25) is 5.91 Å². The van der Waals surface area contributed by atoms with Gasteiger partial charge in [-0.15, -0.1) is 0 Å². The molecular weight excluding hydrogens is 266 g/mol. The van der Waals surface area contributed by atoms with Gasteiger partial charge in [0.05, 0.1) is 18.3 Å². The third kappa shape index (κ3) is 3.49. The number of nitrogens with zero attached hydrogens (tertiary/aromatic N) is 1. The Morgan fingerprint density at radius 1 is 1.48 bits per heavy atom. The normalized spacial score (nSPS) is 33.3. The first kappa shape index (κ1) is 15.0. The summed E-state index contributed by atoms with van der Waals surface area (Å²) in [5.41, 5.74) is 1.20. The van der Waals surface area contributed by atoms with E-state index in [4.69, 9.17) is 9.47 Å². The Hall–Kier alpha value is -0.870. The van der Waals surface area contributed by atoms with Gasteiger partial charge in [0.15, 0.2) is 0 Å². The van der Waals surface area contributed by atoms with E-state index < -0.39 is 0 Å². The highest BCUT2D eigenvalue weighted by Crippen LogP contribution is 2.36. The molecule has 3 rings (SSSR count). The second kappa shape index (κ2) is 6.49. The van der Waals surface area contributed by atoms with Crippen LogP contribution in [0, 0.1) is 0 Å². The molecule has 2 aliphatic heterocycles. The number of ether oxygens (including phenoxy) is 2. The Kier molecular flexibility index (Phi) is 4.65. The number of rotatable bonds is 3. The molecule has 0 aromatic rings. The van der Waals surface area contributed by atoms with Crippen LogP contribution >= 0.6 is 0 Å². The van der Waals surface area contributed by atoms with Crippen molar-refractivity contribution in [3.05, 3.63) is 11.6 Å². The predicted molar refractivity (Wildman–Crippen MR) is 81.1 cm³/mol. The van der Waals surface area contributed by atoms with Crippen LogP contribution in [0.4, 0.5) is 0 Å². The molecule has 0 aromatic heterocycles. The molecule has 1 spiro atoms. The van der Waals surface area contributed by atoms with Crippen LogP contribution in [0.15, 0.2) is 11.6 Å². The van der Waals surface area contributed by atoms with Gasteiger partial charge in [0, 0.05) is 33.0 Å². The fourth-order valence-corrected chi connectivity index (χ4v) is 3.92. The lowest BCUT2D eigenvalue weighted by Gasteiger charge is -2.40. The minimum Gasteiger partial charge on any atom is -0.379 e. The lowest BCUT2D eigenvalue weighted by atomic mass is 9.88. The van der Waals surface area contributed by atoms with Crippen LogP contribution in [-0.4, -0.2) is 49.3 Å². The van der Waals surface area contributed by atoms with Gasteiger partial charge in [-0.3, -0.25) is 4.79 Å². The van der Waals surface area contributed by atoms with Crippen molar-refractivity contribution in [3.8, 4) is 0 Å². The van der Waals surface area contributed by atoms with Crippen LogP contribution in [0.5, 0.6) is 0 Å². The van der Waals surface area contributed by atoms with Crippen molar-refractivity contribution in [3.63, 3.8) is 0 Å². The number of amides is 1. The fraction of sp³-hybridized carbons (Fsp3) is 0.824. The summed E-state index contributed by atoms with van der Waals surface area (Å²) in [6.45, 7) is 2.30. The van der Waals surface area contributed by atoms with E-state index in [1.807, 2.05) is 4.90 Å². The first-order valence-electron chi connectivity index (χ1n) is 8.33. The molecule has 2 fully saturated rings. The summed E-state index contributed by atoms with van der Waals surface area (Å²) in [6, 6.07) is 0. The Labute approximate surface area is 127 Å². The van der Waals surface area contributed by atoms with Crippen molar-refractivity contribution in [2.24, 2.45) is 0 Å². The van der Waals surface area contributed by atoms with E-state index in [1.165, 1.54) is 18.4 Å². The molecule has 2 atom stereocenters. The standard InChI is InChI=1S/C17H27NO3/c1-20-15-11-17(21-12-15)8-5-9-18(13-17)16(19)10-14-6-3-2-4-7-14/h6,15H,2-5,7-13H2,1H3/t15-,17+/m0/s1. The SMILES string of the molecule is CO[C@@H]1CO[C@]2(CCCN(C(=O)CC3=CCCCC3)C2)C1. The molecular formula is C17H27NO3. The van der Waals surface area contributed by atoms with Crippen molar-refractivity contribution >= 4 is 5.91 Å². The molecule has 21 heavy (non-hydrogen) atoms. The number of hydrogen-bond acceptors (Lipinski definition) is 3. The molecule has 2 saturated heterocycles. The molecule has 4 heteroatoms. The van der Waals surface area contributed by atoms with E-state index in [0.29, 0.717) is 13.0 Å². The van der Waals surface area contributed by atoms with Gasteiger partial charge >= 0.3 is 0 Å². The van der Waals surface area contributed by atoms with Gasteiger partial charge in [-0.1, -0.05) is 11.6 Å². The summed E-state index contributed by atoms with van der Waals surface area (Å²) in [5, 5.41) is 0. The van der Waals surface area contributed by atoms with Crippen LogP contribution in [0.25, 0.3) is 0 Å². The summed E-state index contributed by atoms with van der Waals surface area (Å²) in [7, 11) is 1.74. The molecule has 2 heterocycles. The Morgan fingerprint density at radius 2 is 2.38 bits per heavy atom. The second-order valence-electron chi connectivity index (χ2n) is 6.76. The zero-order chi connectivity index (χ0) is 14.7. The highest BCUT2D eigenvalue weighted by atomic mass is 16.6. The third-order valence-corrected chi connectivity index (χ3v) is 5.16. The second-order valence-corrected chi connectivity index (χ2v) is 6.76. The third-order valence-electron chi connectivity index (χ3n) is 5.16. The van der Waals surface area contributed by atoms with Gasteiger partial charge in [0.1, 0.15) is 0 Å². The number of allylic oxidation sites excluding steroid dienone is 1. The smallest absolute Gasteiger partial charge is 0.226 e. The fourth-order valence-electron chi connectivity index (χ4n) is 3.92. The topological polar surface area (TPSA) is 38.8 Å². The van der Waals surface area contributed by atoms with E-state index in [9.17, 15) is 4.79 Å². The van der Waals surface area contributed by atoms with Crippen LogP contribution in [0.1, 0.15) is 51.4 Å². The number of carbonyl (C=O) groups excluding carboxylic acids is 1. The van der Waals surface area contributed by atoms with Gasteiger partial charge in [-0.2, -0.15) is 0 Å². The Morgan fingerprint density at radius 3 is 3.10 bits per heavy atom. The van der Waals surface area contributed by atoms with Gasteiger partial charge in [-0.25, -0.2) is 0 Å². The largest absolute Gasteiger partial charge is 0.379 e. The quantitative estimate of drug-likeness (QED) is 0.751. The molecule has 1 aliphatic carbocycles. The number of likely N-dealkylation sites (tertiary alicyclic amines) is 1. The highest BCUT2D eigenvalue weighted by molar-refractivity contribution is 5.79. The molecule has 0 radical (unpaired) electrons. The molecule has 3 aliphatic rings. The Balaban J connectivity index is 1.58. The van der Waals surface area contributed by atoms with Crippen molar-refractivity contribution in [1.29, 1.82) is 0 Å². The molecule has 0 aromatic carbocycles. The summed E-state index contributed by atoms with van der Waals surface area (Å²) < 4.78 is 11.4. The number of carbonyl (C=O) groups is 1. The summed E-state index contributed by atoms with van der Waals surface area (Å²) in [6.07, 6.45) is 10.9. The number of methoxy groups -OCH3 is 1. The van der Waals surface area contributed by atoms with Crippen molar-refractivity contribution in [2.75, 3.05) is 26.8 Å². The first-order chi connectivity index (χ1) is 10.2. The molecule has 0 unspecified atom stereocenters. The minimum atomic E-state index is -0.143. The number of hydrogen-bond donors (Lipinski definition) is 0. The van der Waals surface area contributed by atoms with Gasteiger partial charge < -0.3 is 14.4 Å². The maximum Gasteiger partial charge on any atom is 0.226 e. The van der Waals surface area contributed by atoms with E-state index in [0.717, 1.165) is 45.2 Å². The predicted octanol–water partition coefficient (Wildman–Crippen LogP) is 2.67. The number of piperidine rings is 1. The maximum absolute atomic E-state index is 12.6. The van der Waals surface area contributed by atoms with Crippen molar-refractivity contribution < 1.29 is 14.3 Å². The molecule has 0 bridgehead atoms. The summed E-state index contributed by atoms with van der Waals surface area (Å²) in [5.74, 6) is 0.284. The summed E-state index contributed by atoms with van der Waals surface area (Å²) >= 11 is 0. The Bertz CT molecular complexity index is 420. The van der Waals surface area contributed by atoms with Crippen molar-refractivity contribution in [2.45, 2.75) is 63.1 Å². The maximum atomic E-state index is 12.6. The van der Waals surface area contributed by atoms with E-state index in [1.54, 1.807) is 7.11 Å². The summed E-state index contributed by atoms with van der Waals surface area (Å²) in [4.78, 5) is 14.6. The molecule has 4 nitrogen and oxygen atoms in total. The van der Waals surface area contributed by atoms with Crippen LogP contribution in [0.3, 0.4) is 0 Å². The van der Waals surface area contributed by atoms with E-state index >= 15 is 0 Å². The van der Waals surface area contributed by atoms with E-state index in [-0.39, 0.29) is 17.6 Å². The molecule has 118 valence electrons. The van der Waals surface area contributed by atoms with Crippen LogP contribution in [0.2, 0.25) is 0 Å². The lowest BCUT2D eigenvalue weighted by molar-refractivity contribution is -0.138. The highest BCUT2D eigenvalue weighted by Gasteiger charge is 2.44. The van der Waals surface area contributed by atoms with Crippen LogP contribution in [-0.2, 0) is 14.3 Å². The zero-order valence-electron chi connectivity index (χ0n) is 13.1. The average molecular weight is 293 g/mol. The lowest BCUT2D eigenvalue weighted by Crippen LogP contribution is -2.50. The minimum absolute atomic E-state index is 0.143. The van der Waals surface area contributed by atoms with Crippen LogP contribution < -0.4 is 0 Å². The van der Waals surface area contributed by atoms with Gasteiger partial charge in [0.25, 0.3) is 0 Å². The zero-order valence-corrected chi connectivity index (χ0v) is 13.1. The average Bonchev–Trinajstić information content (AvgIpc) is 2.91. The first-order valence-corrected chi connectivity index (χ1v) is 8.33. The van der Waals surface area contributed by atoms with Gasteiger partial charge in [-0.05, 0) is 38.5 Å². The molecule has 0 saturated carbocycles. The monoisotopic (exact) mass is 293 g/mol. The van der Waals surface area contributed by atoms with Crippen molar-refractivity contribution in [1.82, 2.24) is 4.90 Å². The molecule has 1 amide bonds. The molecule has 0 N–H and O–H groups in total.